The number of amides is 1. The van der Waals surface area contributed by atoms with Crippen molar-refractivity contribution < 1.29 is 9.21 Å². The minimum atomic E-state index is -0.583. The highest BCUT2D eigenvalue weighted by molar-refractivity contribution is 5.93. The Morgan fingerprint density at radius 2 is 1.86 bits per heavy atom. The normalized spacial score (nSPS) is 19.1. The van der Waals surface area contributed by atoms with Gasteiger partial charge in [-0.3, -0.25) is 19.1 Å². The molecular formula is C20H26N4O4. The molecule has 1 saturated heterocycles. The summed E-state index contributed by atoms with van der Waals surface area (Å²) >= 11 is 0. The van der Waals surface area contributed by atoms with Crippen LogP contribution in [-0.4, -0.2) is 57.5 Å². The number of aromatic amines is 1. The summed E-state index contributed by atoms with van der Waals surface area (Å²) in [5.74, 6) is 0.163. The lowest BCUT2D eigenvalue weighted by Gasteiger charge is -2.40. The molecule has 28 heavy (non-hydrogen) atoms. The summed E-state index contributed by atoms with van der Waals surface area (Å²) in [5, 5.41) is 0. The van der Waals surface area contributed by atoms with E-state index in [1.807, 2.05) is 0 Å². The van der Waals surface area contributed by atoms with E-state index < -0.39 is 11.2 Å². The van der Waals surface area contributed by atoms with Gasteiger partial charge in [-0.25, -0.2) is 4.79 Å². The van der Waals surface area contributed by atoms with Gasteiger partial charge >= 0.3 is 5.69 Å². The maximum Gasteiger partial charge on any atom is 0.328 e. The molecule has 1 aliphatic carbocycles. The average molecular weight is 386 g/mol. The molecule has 0 bridgehead atoms. The van der Waals surface area contributed by atoms with Crippen LogP contribution in [0.3, 0.4) is 0 Å². The largest absolute Gasteiger partial charge is 0.467 e. The predicted octanol–water partition coefficient (Wildman–Crippen LogP) is 1.27. The van der Waals surface area contributed by atoms with E-state index in [4.69, 9.17) is 4.42 Å². The second kappa shape index (κ2) is 8.18. The molecule has 0 radical (unpaired) electrons. The first-order valence-corrected chi connectivity index (χ1v) is 10.0. The zero-order chi connectivity index (χ0) is 19.5. The Hall–Kier alpha value is -2.61. The van der Waals surface area contributed by atoms with Crippen molar-refractivity contribution in [2.24, 2.45) is 0 Å². The molecule has 0 atom stereocenters. The molecule has 2 fully saturated rings. The fraction of sp³-hybridized carbons (Fsp3) is 0.550. The molecular weight excluding hydrogens is 360 g/mol. The zero-order valence-electron chi connectivity index (χ0n) is 15.9. The first-order chi connectivity index (χ1) is 13.6. The molecule has 1 N–H and O–H groups in total. The number of nitrogens with one attached hydrogen (secondary N) is 1. The van der Waals surface area contributed by atoms with Crippen molar-refractivity contribution in [3.8, 4) is 0 Å². The van der Waals surface area contributed by atoms with Crippen LogP contribution in [0.2, 0.25) is 0 Å². The minimum absolute atomic E-state index is 0.00224. The van der Waals surface area contributed by atoms with Gasteiger partial charge in [0.1, 0.15) is 11.3 Å². The van der Waals surface area contributed by atoms with Crippen molar-refractivity contribution in [3.05, 3.63) is 56.8 Å². The maximum absolute atomic E-state index is 12.9. The van der Waals surface area contributed by atoms with Gasteiger partial charge in [0.25, 0.3) is 11.5 Å². The van der Waals surface area contributed by atoms with Crippen molar-refractivity contribution in [1.29, 1.82) is 0 Å². The van der Waals surface area contributed by atoms with Crippen molar-refractivity contribution in [1.82, 2.24) is 19.4 Å². The molecule has 150 valence electrons. The standard InChI is InChI=1S/C20H26N4O4/c25-18(23-10-8-22(9-11-23)15-5-2-1-3-6-15)17-13-21-20(27)24(19(17)26)14-16-7-4-12-28-16/h4,7,12-13,15H,1-3,5-6,8-11,14H2,(H,21,27). The Bertz CT molecular complexity index is 916. The van der Waals surface area contributed by atoms with Crippen LogP contribution in [0, 0.1) is 0 Å². The second-order valence-corrected chi connectivity index (χ2v) is 7.60. The van der Waals surface area contributed by atoms with E-state index in [1.54, 1.807) is 17.0 Å². The predicted molar refractivity (Wildman–Crippen MR) is 103 cm³/mol. The van der Waals surface area contributed by atoms with Crippen molar-refractivity contribution >= 4 is 5.91 Å². The summed E-state index contributed by atoms with van der Waals surface area (Å²) in [7, 11) is 0. The Morgan fingerprint density at radius 1 is 1.11 bits per heavy atom. The smallest absolute Gasteiger partial charge is 0.328 e. The van der Waals surface area contributed by atoms with E-state index in [0.29, 0.717) is 24.9 Å². The highest BCUT2D eigenvalue weighted by Gasteiger charge is 2.29. The Morgan fingerprint density at radius 3 is 2.54 bits per heavy atom. The molecule has 2 aromatic heterocycles. The van der Waals surface area contributed by atoms with Crippen molar-refractivity contribution in [2.45, 2.75) is 44.7 Å². The number of aromatic nitrogens is 2. The molecule has 8 heteroatoms. The van der Waals surface area contributed by atoms with Gasteiger partial charge in [0.05, 0.1) is 12.8 Å². The third-order valence-corrected chi connectivity index (χ3v) is 5.88. The fourth-order valence-corrected chi connectivity index (χ4v) is 4.27. The van der Waals surface area contributed by atoms with E-state index in [2.05, 4.69) is 9.88 Å². The monoisotopic (exact) mass is 386 g/mol. The van der Waals surface area contributed by atoms with Crippen LogP contribution in [0.4, 0.5) is 0 Å². The van der Waals surface area contributed by atoms with Crippen LogP contribution in [0.1, 0.15) is 48.2 Å². The van der Waals surface area contributed by atoms with Gasteiger partial charge in [-0.2, -0.15) is 0 Å². The molecule has 3 heterocycles. The summed E-state index contributed by atoms with van der Waals surface area (Å²) in [6.07, 6.45) is 9.10. The van der Waals surface area contributed by atoms with E-state index in [1.165, 1.54) is 44.6 Å². The SMILES string of the molecule is O=C(c1c[nH]c(=O)n(Cc2ccco2)c1=O)N1CCN(C2CCCCC2)CC1. The molecule has 8 nitrogen and oxygen atoms in total. The van der Waals surface area contributed by atoms with E-state index >= 15 is 0 Å². The van der Waals surface area contributed by atoms with Gasteiger partial charge in [-0.05, 0) is 25.0 Å². The van der Waals surface area contributed by atoms with Crippen molar-refractivity contribution in [2.75, 3.05) is 26.2 Å². The highest BCUT2D eigenvalue weighted by Crippen LogP contribution is 2.23. The fourth-order valence-electron chi connectivity index (χ4n) is 4.27. The topological polar surface area (TPSA) is 91.5 Å². The van der Waals surface area contributed by atoms with Gasteiger partial charge in [0.2, 0.25) is 0 Å². The van der Waals surface area contributed by atoms with Crippen LogP contribution in [0.15, 0.2) is 38.6 Å². The van der Waals surface area contributed by atoms with Gasteiger partial charge in [0.15, 0.2) is 0 Å². The van der Waals surface area contributed by atoms with Gasteiger partial charge in [-0.1, -0.05) is 19.3 Å². The lowest BCUT2D eigenvalue weighted by atomic mass is 9.94. The minimum Gasteiger partial charge on any atom is -0.467 e. The third-order valence-electron chi connectivity index (χ3n) is 5.88. The van der Waals surface area contributed by atoms with Crippen LogP contribution in [0.25, 0.3) is 0 Å². The summed E-state index contributed by atoms with van der Waals surface area (Å²) in [5.41, 5.74) is -1.14. The van der Waals surface area contributed by atoms with E-state index in [9.17, 15) is 14.4 Å². The number of hydrogen-bond donors (Lipinski definition) is 1. The lowest BCUT2D eigenvalue weighted by Crippen LogP contribution is -2.53. The number of carbonyl (C=O) groups is 1. The molecule has 2 aliphatic rings. The lowest BCUT2D eigenvalue weighted by molar-refractivity contribution is 0.0520. The average Bonchev–Trinajstić information content (AvgIpc) is 3.25. The summed E-state index contributed by atoms with van der Waals surface area (Å²) in [6, 6.07) is 4.00. The van der Waals surface area contributed by atoms with E-state index in [0.717, 1.165) is 17.7 Å². The molecule has 0 spiro atoms. The van der Waals surface area contributed by atoms with Crippen LogP contribution in [0.5, 0.6) is 0 Å². The molecule has 2 aromatic rings. The highest BCUT2D eigenvalue weighted by atomic mass is 16.3. The number of hydrogen-bond acceptors (Lipinski definition) is 5. The molecule has 1 aliphatic heterocycles. The molecule has 0 unspecified atom stereocenters. The number of furan rings is 1. The summed E-state index contributed by atoms with van der Waals surface area (Å²) in [4.78, 5) is 44.4. The van der Waals surface area contributed by atoms with Crippen LogP contribution in [-0.2, 0) is 6.54 Å². The maximum atomic E-state index is 12.9. The number of piperazine rings is 1. The summed E-state index contributed by atoms with van der Waals surface area (Å²) in [6.45, 7) is 2.87. The summed E-state index contributed by atoms with van der Waals surface area (Å²) < 4.78 is 6.22. The van der Waals surface area contributed by atoms with Crippen LogP contribution < -0.4 is 11.2 Å². The quantitative estimate of drug-likeness (QED) is 0.854. The number of nitrogens with zero attached hydrogens (tertiary/aromatic N) is 3. The molecule has 0 aromatic carbocycles. The Labute approximate surface area is 162 Å². The molecule has 4 rings (SSSR count). The van der Waals surface area contributed by atoms with Crippen molar-refractivity contribution in [3.63, 3.8) is 0 Å². The third kappa shape index (κ3) is 3.82. The number of H-pyrrole nitrogens is 1. The Balaban J connectivity index is 1.46. The van der Waals surface area contributed by atoms with Gasteiger partial charge in [-0.15, -0.1) is 0 Å². The zero-order valence-corrected chi connectivity index (χ0v) is 15.9. The molecule has 1 saturated carbocycles. The van der Waals surface area contributed by atoms with Gasteiger partial charge < -0.3 is 14.3 Å². The second-order valence-electron chi connectivity index (χ2n) is 7.60. The molecule has 1 amide bonds. The van der Waals surface area contributed by atoms with Crippen LogP contribution >= 0.6 is 0 Å². The first kappa shape index (κ1) is 18.7. The van der Waals surface area contributed by atoms with E-state index in [-0.39, 0.29) is 18.0 Å². The number of rotatable bonds is 4. The number of carbonyl (C=O) groups excluding carboxylic acids is 1. The van der Waals surface area contributed by atoms with Gasteiger partial charge in [0, 0.05) is 38.4 Å². The Kier molecular flexibility index (Phi) is 5.47. The first-order valence-electron chi connectivity index (χ1n) is 10.0.